The quantitative estimate of drug-likeness (QED) is 0.785. The third kappa shape index (κ3) is 3.74. The summed E-state index contributed by atoms with van der Waals surface area (Å²) in [6.07, 6.45) is 0.202. The van der Waals surface area contributed by atoms with Gasteiger partial charge in [-0.1, -0.05) is 37.6 Å². The fraction of sp³-hybridized carbons (Fsp3) is 0.238. The summed E-state index contributed by atoms with van der Waals surface area (Å²) in [5, 5.41) is 11.0. The van der Waals surface area contributed by atoms with Crippen molar-refractivity contribution in [2.75, 3.05) is 4.90 Å². The van der Waals surface area contributed by atoms with Crippen molar-refractivity contribution in [3.05, 3.63) is 76.3 Å². The van der Waals surface area contributed by atoms with E-state index in [1.807, 2.05) is 13.8 Å². The molecule has 0 saturated carbocycles. The van der Waals surface area contributed by atoms with Gasteiger partial charge in [-0.05, 0) is 47.9 Å². The number of halogens is 2. The van der Waals surface area contributed by atoms with Gasteiger partial charge in [-0.3, -0.25) is 14.5 Å². The number of aliphatic hydroxyl groups excluding tert-OH is 1. The Morgan fingerprint density at radius 1 is 1.15 bits per heavy atom. The van der Waals surface area contributed by atoms with E-state index in [2.05, 4.69) is 0 Å². The maximum absolute atomic E-state index is 13.3. The van der Waals surface area contributed by atoms with Crippen molar-refractivity contribution in [2.24, 2.45) is 5.92 Å². The number of carbonyl (C=O) groups excluding carboxylic acids is 2. The minimum absolute atomic E-state index is 0.0559. The van der Waals surface area contributed by atoms with Gasteiger partial charge in [0.1, 0.15) is 5.82 Å². The zero-order valence-electron chi connectivity index (χ0n) is 14.9. The number of hydrogen-bond donors (Lipinski definition) is 1. The molecule has 0 fully saturated rings. The highest BCUT2D eigenvalue weighted by molar-refractivity contribution is 6.30. The summed E-state index contributed by atoms with van der Waals surface area (Å²) in [4.78, 5) is 26.9. The van der Waals surface area contributed by atoms with Crippen molar-refractivity contribution in [1.82, 2.24) is 0 Å². The van der Waals surface area contributed by atoms with E-state index in [1.54, 1.807) is 24.3 Å². The molecule has 4 nitrogen and oxygen atoms in total. The van der Waals surface area contributed by atoms with Crippen molar-refractivity contribution in [3.63, 3.8) is 0 Å². The topological polar surface area (TPSA) is 57.6 Å². The predicted molar refractivity (Wildman–Crippen MR) is 102 cm³/mol. The van der Waals surface area contributed by atoms with E-state index in [-0.39, 0.29) is 23.7 Å². The molecular formula is C21H19ClFNO3. The number of rotatable bonds is 5. The number of benzene rings is 2. The first kappa shape index (κ1) is 19.1. The first-order valence-corrected chi connectivity index (χ1v) is 8.98. The van der Waals surface area contributed by atoms with Crippen LogP contribution in [-0.4, -0.2) is 16.8 Å². The van der Waals surface area contributed by atoms with E-state index >= 15 is 0 Å². The molecule has 3 rings (SSSR count). The second kappa shape index (κ2) is 7.53. The number of aliphatic hydroxyl groups is 1. The highest BCUT2D eigenvalue weighted by Gasteiger charge is 2.44. The van der Waals surface area contributed by atoms with Crippen LogP contribution >= 0.6 is 11.6 Å². The summed E-state index contributed by atoms with van der Waals surface area (Å²) in [7, 11) is 0. The second-order valence-electron chi connectivity index (χ2n) is 6.89. The Bertz CT molecular complexity index is 904. The average Bonchev–Trinajstić information content (AvgIpc) is 2.87. The van der Waals surface area contributed by atoms with Crippen LogP contribution in [0.1, 0.15) is 31.9 Å². The minimum atomic E-state index is -0.800. The number of carbonyl (C=O) groups is 2. The van der Waals surface area contributed by atoms with Gasteiger partial charge in [-0.15, -0.1) is 0 Å². The van der Waals surface area contributed by atoms with E-state index in [4.69, 9.17) is 11.6 Å². The first-order chi connectivity index (χ1) is 12.8. The van der Waals surface area contributed by atoms with Crippen LogP contribution in [0.15, 0.2) is 59.9 Å². The molecule has 0 aliphatic carbocycles. The third-order valence-corrected chi connectivity index (χ3v) is 4.64. The van der Waals surface area contributed by atoms with Gasteiger partial charge in [0, 0.05) is 17.1 Å². The monoisotopic (exact) mass is 387 g/mol. The molecule has 1 heterocycles. The standard InChI is InChI=1S/C21H19ClFNO3/c1-12(2)11-17(25)18-19(13-3-5-14(22)6-4-13)24(21(27)20(18)26)16-9-7-15(23)8-10-16/h3-10,12,19,26H,11H2,1-2H3. The molecular weight excluding hydrogens is 369 g/mol. The molecule has 1 amide bonds. The lowest BCUT2D eigenvalue weighted by Crippen LogP contribution is -2.31. The Balaban J connectivity index is 2.13. The van der Waals surface area contributed by atoms with Crippen molar-refractivity contribution in [2.45, 2.75) is 26.3 Å². The first-order valence-electron chi connectivity index (χ1n) is 8.60. The van der Waals surface area contributed by atoms with Gasteiger partial charge in [0.15, 0.2) is 11.5 Å². The molecule has 0 aromatic heterocycles. The normalized spacial score (nSPS) is 17.1. The Morgan fingerprint density at radius 3 is 2.30 bits per heavy atom. The fourth-order valence-corrected chi connectivity index (χ4v) is 3.33. The number of nitrogens with zero attached hydrogens (tertiary/aromatic N) is 1. The number of hydrogen-bond acceptors (Lipinski definition) is 3. The van der Waals surface area contributed by atoms with Crippen LogP contribution < -0.4 is 4.90 Å². The highest BCUT2D eigenvalue weighted by atomic mass is 35.5. The zero-order chi connectivity index (χ0) is 19.7. The molecule has 0 bridgehead atoms. The lowest BCUT2D eigenvalue weighted by atomic mass is 9.92. The molecule has 0 spiro atoms. The van der Waals surface area contributed by atoms with E-state index in [0.717, 1.165) is 0 Å². The number of anilines is 1. The largest absolute Gasteiger partial charge is 0.503 e. The van der Waals surface area contributed by atoms with Gasteiger partial charge in [0.25, 0.3) is 5.91 Å². The SMILES string of the molecule is CC(C)CC(=O)C1=C(O)C(=O)N(c2ccc(F)cc2)C1c1ccc(Cl)cc1. The second-order valence-corrected chi connectivity index (χ2v) is 7.33. The summed E-state index contributed by atoms with van der Waals surface area (Å²) >= 11 is 5.96. The zero-order valence-corrected chi connectivity index (χ0v) is 15.7. The highest BCUT2D eigenvalue weighted by Crippen LogP contribution is 2.41. The van der Waals surface area contributed by atoms with Crippen molar-refractivity contribution in [1.29, 1.82) is 0 Å². The van der Waals surface area contributed by atoms with Gasteiger partial charge in [0.05, 0.1) is 11.6 Å². The van der Waals surface area contributed by atoms with Crippen LogP contribution in [0.4, 0.5) is 10.1 Å². The molecule has 1 aliphatic heterocycles. The van der Waals surface area contributed by atoms with E-state index in [0.29, 0.717) is 16.3 Å². The molecule has 1 N–H and O–H groups in total. The van der Waals surface area contributed by atoms with Crippen LogP contribution in [0.25, 0.3) is 0 Å². The third-order valence-electron chi connectivity index (χ3n) is 4.39. The molecule has 2 aromatic rings. The molecule has 1 unspecified atom stereocenters. The van der Waals surface area contributed by atoms with Crippen molar-refractivity contribution >= 4 is 29.0 Å². The van der Waals surface area contributed by atoms with Crippen LogP contribution in [-0.2, 0) is 9.59 Å². The van der Waals surface area contributed by atoms with E-state index in [1.165, 1.54) is 29.2 Å². The fourth-order valence-electron chi connectivity index (χ4n) is 3.20. The Labute approximate surface area is 161 Å². The van der Waals surface area contributed by atoms with Gasteiger partial charge in [-0.25, -0.2) is 4.39 Å². The van der Waals surface area contributed by atoms with Crippen molar-refractivity contribution < 1.29 is 19.1 Å². The van der Waals surface area contributed by atoms with Crippen LogP contribution in [0, 0.1) is 11.7 Å². The molecule has 27 heavy (non-hydrogen) atoms. The lowest BCUT2D eigenvalue weighted by molar-refractivity contribution is -0.118. The maximum Gasteiger partial charge on any atom is 0.294 e. The smallest absolute Gasteiger partial charge is 0.294 e. The summed E-state index contributed by atoms with van der Waals surface area (Å²) in [6, 6.07) is 11.3. The van der Waals surface area contributed by atoms with Crippen molar-refractivity contribution in [3.8, 4) is 0 Å². The number of Topliss-reactive ketones (excluding diaryl/α,β-unsaturated/α-hetero) is 1. The molecule has 0 saturated heterocycles. The van der Waals surface area contributed by atoms with Gasteiger partial charge < -0.3 is 5.11 Å². The molecule has 140 valence electrons. The number of amides is 1. The van der Waals surface area contributed by atoms with Crippen LogP contribution in [0.2, 0.25) is 5.02 Å². The molecule has 1 atom stereocenters. The molecule has 0 radical (unpaired) electrons. The summed E-state index contributed by atoms with van der Waals surface area (Å²) < 4.78 is 13.3. The lowest BCUT2D eigenvalue weighted by Gasteiger charge is -2.27. The Morgan fingerprint density at radius 2 is 1.74 bits per heavy atom. The van der Waals surface area contributed by atoms with Gasteiger partial charge >= 0.3 is 0 Å². The van der Waals surface area contributed by atoms with Gasteiger partial charge in [0.2, 0.25) is 0 Å². The van der Waals surface area contributed by atoms with E-state index < -0.39 is 23.5 Å². The molecule has 1 aliphatic rings. The van der Waals surface area contributed by atoms with Crippen LogP contribution in [0.3, 0.4) is 0 Å². The van der Waals surface area contributed by atoms with Crippen LogP contribution in [0.5, 0.6) is 0 Å². The minimum Gasteiger partial charge on any atom is -0.503 e. The Hall–Kier alpha value is -2.66. The number of ketones is 1. The Kier molecular flexibility index (Phi) is 5.33. The van der Waals surface area contributed by atoms with E-state index in [9.17, 15) is 19.1 Å². The maximum atomic E-state index is 13.3. The molecule has 6 heteroatoms. The molecule has 2 aromatic carbocycles. The summed E-state index contributed by atoms with van der Waals surface area (Å²) in [6.45, 7) is 3.78. The van der Waals surface area contributed by atoms with Gasteiger partial charge in [-0.2, -0.15) is 0 Å². The predicted octanol–water partition coefficient (Wildman–Crippen LogP) is 4.99. The summed E-state index contributed by atoms with van der Waals surface area (Å²) in [5.41, 5.74) is 1.08. The summed E-state index contributed by atoms with van der Waals surface area (Å²) in [5.74, 6) is -1.92. The average molecular weight is 388 g/mol.